The Hall–Kier alpha value is -2.21. The number of ether oxygens (including phenoxy) is 1. The number of aromatic nitrogens is 1. The molecule has 0 aliphatic rings. The summed E-state index contributed by atoms with van der Waals surface area (Å²) < 4.78 is 4.71. The molecule has 2 aromatic heterocycles. The first kappa shape index (κ1) is 14.2. The molecule has 5 nitrogen and oxygen atoms in total. The number of nitrogens with one attached hydrogen (secondary N) is 1. The highest BCUT2D eigenvalue weighted by Gasteiger charge is 2.19. The van der Waals surface area contributed by atoms with Gasteiger partial charge in [0.25, 0.3) is 5.91 Å². The number of thiophene rings is 1. The number of carbonyl (C=O) groups excluding carboxylic acids is 2. The fourth-order valence-corrected chi connectivity index (χ4v) is 2.67. The smallest absolute Gasteiger partial charge is 0.350 e. The van der Waals surface area contributed by atoms with E-state index in [1.807, 2.05) is 6.92 Å². The second kappa shape index (κ2) is 5.83. The number of aryl methyl sites for hydroxylation is 2. The highest BCUT2D eigenvalue weighted by molar-refractivity contribution is 7.12. The number of anilines is 1. The quantitative estimate of drug-likeness (QED) is 0.883. The highest BCUT2D eigenvalue weighted by atomic mass is 32.1. The van der Waals surface area contributed by atoms with E-state index in [1.165, 1.54) is 18.4 Å². The minimum absolute atomic E-state index is 0.290. The van der Waals surface area contributed by atoms with Crippen molar-refractivity contribution in [3.63, 3.8) is 0 Å². The van der Waals surface area contributed by atoms with Gasteiger partial charge in [0.05, 0.1) is 18.4 Å². The SMILES string of the molecule is COC(=O)c1scc(C)c1NC(=O)c1cccnc1C. The van der Waals surface area contributed by atoms with Crippen LogP contribution >= 0.6 is 11.3 Å². The predicted octanol–water partition coefficient (Wildman–Crippen LogP) is 2.80. The molecule has 0 aliphatic carbocycles. The monoisotopic (exact) mass is 290 g/mol. The third-order valence-corrected chi connectivity index (χ3v) is 3.91. The number of methoxy groups -OCH3 is 1. The van der Waals surface area contributed by atoms with Crippen molar-refractivity contribution in [3.05, 3.63) is 45.4 Å². The van der Waals surface area contributed by atoms with Crippen LogP contribution in [0.25, 0.3) is 0 Å². The molecule has 2 heterocycles. The minimum atomic E-state index is -0.457. The summed E-state index contributed by atoms with van der Waals surface area (Å²) in [5.74, 6) is -0.747. The lowest BCUT2D eigenvalue weighted by molar-refractivity contribution is 0.0607. The third kappa shape index (κ3) is 2.70. The van der Waals surface area contributed by atoms with Crippen molar-refractivity contribution in [2.24, 2.45) is 0 Å². The van der Waals surface area contributed by atoms with Gasteiger partial charge >= 0.3 is 5.97 Å². The normalized spacial score (nSPS) is 10.2. The number of carbonyl (C=O) groups is 2. The van der Waals surface area contributed by atoms with Gasteiger partial charge in [0.1, 0.15) is 4.88 Å². The molecule has 0 spiro atoms. The maximum atomic E-state index is 12.2. The number of rotatable bonds is 3. The zero-order valence-corrected chi connectivity index (χ0v) is 12.2. The largest absolute Gasteiger partial charge is 0.465 e. The van der Waals surface area contributed by atoms with Crippen molar-refractivity contribution in [3.8, 4) is 0 Å². The zero-order chi connectivity index (χ0) is 14.7. The standard InChI is InChI=1S/C14H14N2O3S/c1-8-7-20-12(14(18)19-3)11(8)16-13(17)10-5-4-6-15-9(10)2/h4-7H,1-3H3,(H,16,17). The van der Waals surface area contributed by atoms with Gasteiger partial charge in [0.15, 0.2) is 0 Å². The van der Waals surface area contributed by atoms with Gasteiger partial charge in [-0.3, -0.25) is 9.78 Å². The molecule has 0 saturated carbocycles. The zero-order valence-electron chi connectivity index (χ0n) is 11.4. The molecule has 0 radical (unpaired) electrons. The van der Waals surface area contributed by atoms with Crippen molar-refractivity contribution in [1.29, 1.82) is 0 Å². The molecule has 2 aromatic rings. The van der Waals surface area contributed by atoms with Crippen LogP contribution in [-0.2, 0) is 4.74 Å². The highest BCUT2D eigenvalue weighted by Crippen LogP contribution is 2.28. The van der Waals surface area contributed by atoms with Crippen LogP contribution < -0.4 is 5.32 Å². The Balaban J connectivity index is 2.31. The van der Waals surface area contributed by atoms with Crippen molar-refractivity contribution in [2.45, 2.75) is 13.8 Å². The van der Waals surface area contributed by atoms with Crippen molar-refractivity contribution >= 4 is 28.9 Å². The number of pyridine rings is 1. The van der Waals surface area contributed by atoms with E-state index in [0.717, 1.165) is 5.56 Å². The molecule has 1 amide bonds. The Morgan fingerprint density at radius 3 is 2.75 bits per heavy atom. The second-order valence-electron chi connectivity index (χ2n) is 4.20. The number of hydrogen-bond donors (Lipinski definition) is 1. The minimum Gasteiger partial charge on any atom is -0.465 e. The van der Waals surface area contributed by atoms with E-state index in [1.54, 1.807) is 30.6 Å². The average molecular weight is 290 g/mol. The Morgan fingerprint density at radius 2 is 2.10 bits per heavy atom. The van der Waals surface area contributed by atoms with Crippen LogP contribution in [0.4, 0.5) is 5.69 Å². The van der Waals surface area contributed by atoms with Crippen LogP contribution in [0.3, 0.4) is 0 Å². The number of nitrogens with zero attached hydrogens (tertiary/aromatic N) is 1. The van der Waals surface area contributed by atoms with E-state index in [4.69, 9.17) is 4.74 Å². The second-order valence-corrected chi connectivity index (χ2v) is 5.08. The van der Waals surface area contributed by atoms with Gasteiger partial charge in [-0.1, -0.05) is 0 Å². The van der Waals surface area contributed by atoms with Crippen LogP contribution in [0.15, 0.2) is 23.7 Å². The molecule has 0 atom stereocenters. The van der Waals surface area contributed by atoms with E-state index < -0.39 is 5.97 Å². The van der Waals surface area contributed by atoms with Gasteiger partial charge in [0, 0.05) is 11.9 Å². The first-order valence-electron chi connectivity index (χ1n) is 5.94. The molecule has 0 unspecified atom stereocenters. The fraction of sp³-hybridized carbons (Fsp3) is 0.214. The number of hydrogen-bond acceptors (Lipinski definition) is 5. The first-order valence-corrected chi connectivity index (χ1v) is 6.82. The van der Waals surface area contributed by atoms with Crippen LogP contribution in [-0.4, -0.2) is 24.0 Å². The number of esters is 1. The summed E-state index contributed by atoms with van der Waals surface area (Å²) in [5.41, 5.74) is 2.44. The van der Waals surface area contributed by atoms with Crippen LogP contribution in [0.2, 0.25) is 0 Å². The molecule has 0 aliphatic heterocycles. The van der Waals surface area contributed by atoms with Gasteiger partial charge in [-0.2, -0.15) is 0 Å². The lowest BCUT2D eigenvalue weighted by Crippen LogP contribution is -2.16. The molecular formula is C14H14N2O3S. The van der Waals surface area contributed by atoms with Crippen LogP contribution in [0, 0.1) is 13.8 Å². The molecule has 0 aromatic carbocycles. The Bertz CT molecular complexity index is 664. The van der Waals surface area contributed by atoms with Crippen LogP contribution in [0.5, 0.6) is 0 Å². The van der Waals surface area contributed by atoms with E-state index in [0.29, 0.717) is 21.8 Å². The maximum Gasteiger partial charge on any atom is 0.350 e. The summed E-state index contributed by atoms with van der Waals surface area (Å²) in [6.07, 6.45) is 1.63. The number of amides is 1. The van der Waals surface area contributed by atoms with Gasteiger partial charge in [-0.25, -0.2) is 4.79 Å². The Labute approximate surface area is 120 Å². The molecule has 6 heteroatoms. The van der Waals surface area contributed by atoms with E-state index in [2.05, 4.69) is 10.3 Å². The molecule has 2 rings (SSSR count). The van der Waals surface area contributed by atoms with Crippen molar-refractivity contribution < 1.29 is 14.3 Å². The molecule has 20 heavy (non-hydrogen) atoms. The topological polar surface area (TPSA) is 68.3 Å². The van der Waals surface area contributed by atoms with E-state index >= 15 is 0 Å². The first-order chi connectivity index (χ1) is 9.54. The summed E-state index contributed by atoms with van der Waals surface area (Å²) in [5, 5.41) is 4.57. The summed E-state index contributed by atoms with van der Waals surface area (Å²) in [7, 11) is 1.31. The molecule has 0 fully saturated rings. The summed E-state index contributed by atoms with van der Waals surface area (Å²) in [6.45, 7) is 3.59. The summed E-state index contributed by atoms with van der Waals surface area (Å²) in [4.78, 5) is 28.4. The van der Waals surface area contributed by atoms with Crippen molar-refractivity contribution in [2.75, 3.05) is 12.4 Å². The van der Waals surface area contributed by atoms with Gasteiger partial charge in [-0.15, -0.1) is 11.3 Å². The van der Waals surface area contributed by atoms with E-state index in [9.17, 15) is 9.59 Å². The summed E-state index contributed by atoms with van der Waals surface area (Å²) in [6, 6.07) is 3.39. The lowest BCUT2D eigenvalue weighted by atomic mass is 10.2. The molecular weight excluding hydrogens is 276 g/mol. The summed E-state index contributed by atoms with van der Waals surface area (Å²) >= 11 is 1.25. The predicted molar refractivity (Wildman–Crippen MR) is 77.3 cm³/mol. The van der Waals surface area contributed by atoms with Crippen LogP contribution in [0.1, 0.15) is 31.3 Å². The van der Waals surface area contributed by atoms with Gasteiger partial charge in [-0.05, 0) is 36.9 Å². The Morgan fingerprint density at radius 1 is 1.35 bits per heavy atom. The van der Waals surface area contributed by atoms with Gasteiger partial charge < -0.3 is 10.1 Å². The molecule has 104 valence electrons. The maximum absolute atomic E-state index is 12.2. The molecule has 1 N–H and O–H groups in total. The fourth-order valence-electron chi connectivity index (χ4n) is 1.75. The Kier molecular flexibility index (Phi) is 4.14. The molecule has 0 bridgehead atoms. The lowest BCUT2D eigenvalue weighted by Gasteiger charge is -2.08. The van der Waals surface area contributed by atoms with E-state index in [-0.39, 0.29) is 5.91 Å². The third-order valence-electron chi connectivity index (χ3n) is 2.84. The van der Waals surface area contributed by atoms with Crippen molar-refractivity contribution in [1.82, 2.24) is 4.98 Å². The van der Waals surface area contributed by atoms with Gasteiger partial charge in [0.2, 0.25) is 0 Å². The molecule has 0 saturated heterocycles. The average Bonchev–Trinajstić information content (AvgIpc) is 2.80.